The lowest BCUT2D eigenvalue weighted by atomic mass is 9.95. The Kier molecular flexibility index (Phi) is 7.09. The van der Waals surface area contributed by atoms with E-state index in [1.807, 2.05) is 43.5 Å². The molecule has 2 aromatic rings. The number of fused-ring (bicyclic) bond motifs is 2. The average molecular weight is 510 g/mol. The van der Waals surface area contributed by atoms with Gasteiger partial charge in [0.2, 0.25) is 5.91 Å². The molecule has 9 nitrogen and oxygen atoms in total. The summed E-state index contributed by atoms with van der Waals surface area (Å²) in [5.41, 5.74) is 1.89. The lowest BCUT2D eigenvalue weighted by Crippen LogP contribution is -2.55. The number of aromatic amines is 1. The van der Waals surface area contributed by atoms with Crippen LogP contribution in [0.3, 0.4) is 0 Å². The Morgan fingerprint density at radius 2 is 1.81 bits per heavy atom. The molecule has 198 valence electrons. The zero-order valence-corrected chi connectivity index (χ0v) is 21.5. The Morgan fingerprint density at radius 1 is 1.03 bits per heavy atom. The second-order valence-electron chi connectivity index (χ2n) is 10.8. The summed E-state index contributed by atoms with van der Waals surface area (Å²) in [4.78, 5) is 42.8. The number of aromatic nitrogens is 1. The predicted octanol–water partition coefficient (Wildman–Crippen LogP) is 2.75. The minimum absolute atomic E-state index is 0.0191. The van der Waals surface area contributed by atoms with Crippen molar-refractivity contribution >= 4 is 28.7 Å². The number of cyclic esters (lactones) is 1. The minimum Gasteiger partial charge on any atom is -0.463 e. The number of ether oxygens (including phenoxy) is 3. The summed E-state index contributed by atoms with van der Waals surface area (Å²) >= 11 is 0. The molecule has 2 fully saturated rings. The monoisotopic (exact) mass is 509 g/mol. The molecule has 3 aliphatic rings. The molecule has 1 aromatic heterocycles. The predicted molar refractivity (Wildman–Crippen MR) is 136 cm³/mol. The number of nitrogens with one attached hydrogen (secondary N) is 3. The van der Waals surface area contributed by atoms with Gasteiger partial charge >= 0.3 is 5.97 Å². The van der Waals surface area contributed by atoms with E-state index in [4.69, 9.17) is 14.2 Å². The van der Waals surface area contributed by atoms with E-state index in [0.717, 1.165) is 29.3 Å². The van der Waals surface area contributed by atoms with Crippen LogP contribution in [0.4, 0.5) is 0 Å². The van der Waals surface area contributed by atoms with Gasteiger partial charge in [0, 0.05) is 29.6 Å². The van der Waals surface area contributed by atoms with Crippen molar-refractivity contribution in [2.75, 3.05) is 6.61 Å². The topological polar surface area (TPSA) is 119 Å². The van der Waals surface area contributed by atoms with Crippen LogP contribution in [0.15, 0.2) is 42.6 Å². The summed E-state index contributed by atoms with van der Waals surface area (Å²) in [6.07, 6.45) is 6.29. The number of carbonyl (C=O) groups is 3. The van der Waals surface area contributed by atoms with E-state index in [1.54, 1.807) is 19.9 Å². The maximum atomic E-state index is 13.7. The number of carbonyl (C=O) groups excluding carboxylic acids is 3. The first-order chi connectivity index (χ1) is 17.7. The van der Waals surface area contributed by atoms with Crippen LogP contribution in [0.25, 0.3) is 10.9 Å². The van der Waals surface area contributed by atoms with Crippen LogP contribution in [0.1, 0.15) is 45.6 Å². The number of amides is 2. The standard InChI is InChI=1S/C28H35N3O6/c1-16-7-6-10-23(32)35-15-22-25(37-28(2,3)36-22)27(34)30-21(26(33)31-24(16)17-11-12-17)13-18-14-29-20-9-5-4-8-19(18)20/h4-9,14,16-17,21-22,24-25,29H,10-13,15H2,1-3H3,(H,30,34)(H,31,33)/b7-6+/t16-,21+,22-,24+,25-/m1/s1. The van der Waals surface area contributed by atoms with Gasteiger partial charge in [0.1, 0.15) is 18.8 Å². The molecular formula is C28H35N3O6. The number of benzene rings is 1. The van der Waals surface area contributed by atoms with E-state index in [1.165, 1.54) is 0 Å². The highest BCUT2D eigenvalue weighted by molar-refractivity contribution is 5.91. The largest absolute Gasteiger partial charge is 0.463 e. The molecule has 0 unspecified atom stereocenters. The van der Waals surface area contributed by atoms with Gasteiger partial charge in [0.05, 0.1) is 6.42 Å². The molecule has 1 saturated carbocycles. The fourth-order valence-electron chi connectivity index (χ4n) is 5.29. The van der Waals surface area contributed by atoms with Crippen LogP contribution in [0, 0.1) is 11.8 Å². The molecule has 2 amide bonds. The first kappa shape index (κ1) is 25.5. The van der Waals surface area contributed by atoms with Crippen molar-refractivity contribution in [2.24, 2.45) is 11.8 Å². The Morgan fingerprint density at radius 3 is 2.59 bits per heavy atom. The fourth-order valence-corrected chi connectivity index (χ4v) is 5.29. The number of esters is 1. The molecule has 3 heterocycles. The van der Waals surface area contributed by atoms with Crippen LogP contribution >= 0.6 is 0 Å². The van der Waals surface area contributed by atoms with Crippen LogP contribution in [-0.4, -0.2) is 59.5 Å². The molecule has 2 aliphatic heterocycles. The summed E-state index contributed by atoms with van der Waals surface area (Å²) in [6, 6.07) is 6.94. The van der Waals surface area contributed by atoms with Gasteiger partial charge in [-0.3, -0.25) is 14.4 Å². The summed E-state index contributed by atoms with van der Waals surface area (Å²) in [5, 5.41) is 7.14. The third-order valence-electron chi connectivity index (χ3n) is 7.31. The van der Waals surface area contributed by atoms with Crippen LogP contribution in [0.2, 0.25) is 0 Å². The summed E-state index contributed by atoms with van der Waals surface area (Å²) in [7, 11) is 0. The Balaban J connectivity index is 1.45. The van der Waals surface area contributed by atoms with Gasteiger partial charge in [-0.1, -0.05) is 37.3 Å². The Hall–Kier alpha value is -3.17. The van der Waals surface area contributed by atoms with Gasteiger partial charge in [-0.05, 0) is 50.2 Å². The third kappa shape index (κ3) is 5.88. The second-order valence-corrected chi connectivity index (χ2v) is 10.8. The number of para-hydroxylation sites is 1. The van der Waals surface area contributed by atoms with Crippen LogP contribution in [0.5, 0.6) is 0 Å². The zero-order chi connectivity index (χ0) is 26.2. The molecule has 0 radical (unpaired) electrons. The third-order valence-corrected chi connectivity index (χ3v) is 7.31. The molecule has 5 rings (SSSR count). The van der Waals surface area contributed by atoms with Crippen molar-refractivity contribution in [1.29, 1.82) is 0 Å². The highest BCUT2D eigenvalue weighted by Gasteiger charge is 2.47. The lowest BCUT2D eigenvalue weighted by molar-refractivity contribution is -0.161. The first-order valence-corrected chi connectivity index (χ1v) is 13.0. The molecule has 1 aromatic carbocycles. The number of rotatable bonds is 3. The van der Waals surface area contributed by atoms with Crippen molar-refractivity contribution < 1.29 is 28.6 Å². The maximum absolute atomic E-state index is 13.7. The molecule has 0 bridgehead atoms. The van der Waals surface area contributed by atoms with Crippen molar-refractivity contribution in [1.82, 2.24) is 15.6 Å². The lowest BCUT2D eigenvalue weighted by Gasteiger charge is -2.27. The first-order valence-electron chi connectivity index (χ1n) is 13.0. The van der Waals surface area contributed by atoms with Gasteiger partial charge in [-0.15, -0.1) is 0 Å². The van der Waals surface area contributed by atoms with Gasteiger partial charge in [-0.2, -0.15) is 0 Å². The Bertz CT molecular complexity index is 1200. The molecule has 1 aliphatic carbocycles. The van der Waals surface area contributed by atoms with E-state index in [2.05, 4.69) is 15.6 Å². The van der Waals surface area contributed by atoms with Gasteiger partial charge < -0.3 is 29.8 Å². The second kappa shape index (κ2) is 10.3. The quantitative estimate of drug-likeness (QED) is 0.433. The summed E-state index contributed by atoms with van der Waals surface area (Å²) < 4.78 is 17.2. The van der Waals surface area contributed by atoms with Gasteiger partial charge in [-0.25, -0.2) is 0 Å². The van der Waals surface area contributed by atoms with E-state index < -0.39 is 35.9 Å². The van der Waals surface area contributed by atoms with Crippen LogP contribution in [-0.2, 0) is 35.0 Å². The molecule has 5 atom stereocenters. The maximum Gasteiger partial charge on any atom is 0.309 e. The number of H-pyrrole nitrogens is 1. The normalized spacial score (nSPS) is 32.0. The fraction of sp³-hybridized carbons (Fsp3) is 0.536. The van der Waals surface area contributed by atoms with Crippen molar-refractivity contribution in [3.8, 4) is 0 Å². The average Bonchev–Trinajstić information content (AvgIpc) is 3.54. The smallest absolute Gasteiger partial charge is 0.309 e. The molecule has 9 heteroatoms. The van der Waals surface area contributed by atoms with E-state index in [-0.39, 0.29) is 30.9 Å². The van der Waals surface area contributed by atoms with Crippen molar-refractivity contribution in [2.45, 2.75) is 76.5 Å². The van der Waals surface area contributed by atoms with Crippen molar-refractivity contribution in [3.63, 3.8) is 0 Å². The van der Waals surface area contributed by atoms with Gasteiger partial charge in [0.25, 0.3) is 5.91 Å². The van der Waals surface area contributed by atoms with Crippen molar-refractivity contribution in [3.05, 3.63) is 48.2 Å². The molecule has 3 N–H and O–H groups in total. The molecular weight excluding hydrogens is 474 g/mol. The summed E-state index contributed by atoms with van der Waals surface area (Å²) in [5.74, 6) is -1.78. The minimum atomic E-state index is -1.04. The van der Waals surface area contributed by atoms with E-state index >= 15 is 0 Å². The van der Waals surface area contributed by atoms with E-state index in [0.29, 0.717) is 12.3 Å². The Labute approximate surface area is 216 Å². The zero-order valence-electron chi connectivity index (χ0n) is 21.5. The van der Waals surface area contributed by atoms with Gasteiger partial charge in [0.15, 0.2) is 11.9 Å². The highest BCUT2D eigenvalue weighted by atomic mass is 16.8. The van der Waals surface area contributed by atoms with Crippen LogP contribution < -0.4 is 10.6 Å². The molecule has 0 spiro atoms. The van der Waals surface area contributed by atoms with E-state index in [9.17, 15) is 14.4 Å². The SMILES string of the molecule is C[C@@H]1/C=C/CC(=O)OC[C@H]2OC(C)(C)O[C@H]2C(=O)N[C@@H](Cc2c[nH]c3ccccc23)C(=O)N[C@@H]1C1CC1. The number of hydrogen-bond donors (Lipinski definition) is 3. The molecule has 1 saturated heterocycles. The highest BCUT2D eigenvalue weighted by Crippen LogP contribution is 2.36. The summed E-state index contributed by atoms with van der Waals surface area (Å²) in [6.45, 7) is 5.32. The molecule has 37 heavy (non-hydrogen) atoms. The number of hydrogen-bond acceptors (Lipinski definition) is 6.